The molecule has 0 bridgehead atoms. The summed E-state index contributed by atoms with van der Waals surface area (Å²) in [6.07, 6.45) is -1.09. The third-order valence-corrected chi connectivity index (χ3v) is 6.36. The normalized spacial score (nSPS) is 21.4. The number of benzene rings is 3. The van der Waals surface area contributed by atoms with Crippen molar-refractivity contribution in [3.05, 3.63) is 93.5 Å². The molecule has 0 N–H and O–H groups in total. The number of halogens is 1. The first-order valence-electron chi connectivity index (χ1n) is 11.0. The summed E-state index contributed by atoms with van der Waals surface area (Å²) in [6, 6.07) is 19.2. The summed E-state index contributed by atoms with van der Waals surface area (Å²) in [5, 5.41) is 13.0. The first kappa shape index (κ1) is 22.8. The maximum Gasteiger partial charge on any atom is 0.288 e. The van der Waals surface area contributed by atoms with Gasteiger partial charge in [-0.3, -0.25) is 24.5 Å². The maximum atomic E-state index is 13.7. The Balaban J connectivity index is 1.57. The summed E-state index contributed by atoms with van der Waals surface area (Å²) in [5.74, 6) is -1.26. The summed E-state index contributed by atoms with van der Waals surface area (Å²) in [5.41, 5.74) is 1.15. The lowest BCUT2D eigenvalue weighted by Crippen LogP contribution is -2.37. The van der Waals surface area contributed by atoms with Crippen molar-refractivity contribution in [3.8, 4) is 5.75 Å². The van der Waals surface area contributed by atoms with Crippen molar-refractivity contribution in [3.63, 3.8) is 0 Å². The van der Waals surface area contributed by atoms with E-state index in [4.69, 9.17) is 21.2 Å². The zero-order valence-corrected chi connectivity index (χ0v) is 19.3. The minimum atomic E-state index is -1.09. The van der Waals surface area contributed by atoms with Gasteiger partial charge in [-0.2, -0.15) is 0 Å². The monoisotopic (exact) mass is 493 g/mol. The number of carbonyl (C=O) groups excluding carboxylic acids is 2. The first-order valence-corrected chi connectivity index (χ1v) is 11.3. The van der Waals surface area contributed by atoms with Crippen molar-refractivity contribution < 1.29 is 24.1 Å². The average Bonchev–Trinajstić information content (AvgIpc) is 3.37. The number of rotatable bonds is 6. The molecule has 0 unspecified atom stereocenters. The van der Waals surface area contributed by atoms with Crippen LogP contribution in [0.2, 0.25) is 5.02 Å². The molecule has 178 valence electrons. The second-order valence-electron chi connectivity index (χ2n) is 8.06. The van der Waals surface area contributed by atoms with Gasteiger partial charge in [0.25, 0.3) is 11.6 Å². The van der Waals surface area contributed by atoms with Gasteiger partial charge in [-0.1, -0.05) is 35.9 Å². The number of carbonyl (C=O) groups is 2. The van der Waals surface area contributed by atoms with Crippen molar-refractivity contribution in [1.82, 2.24) is 0 Å². The van der Waals surface area contributed by atoms with Gasteiger partial charge in [0.1, 0.15) is 16.7 Å². The van der Waals surface area contributed by atoms with Crippen LogP contribution in [0.15, 0.2) is 72.8 Å². The molecular weight excluding hydrogens is 474 g/mol. The highest BCUT2D eigenvalue weighted by molar-refractivity contribution is 6.32. The molecule has 0 aromatic heterocycles. The highest BCUT2D eigenvalue weighted by Crippen LogP contribution is 2.48. The highest BCUT2D eigenvalue weighted by atomic mass is 35.5. The van der Waals surface area contributed by atoms with Gasteiger partial charge in [0, 0.05) is 6.07 Å². The number of hydrogen-bond acceptors (Lipinski definition) is 7. The molecule has 2 aliphatic heterocycles. The summed E-state index contributed by atoms with van der Waals surface area (Å²) >= 11 is 6.03. The van der Waals surface area contributed by atoms with Gasteiger partial charge in [0.15, 0.2) is 6.10 Å². The van der Waals surface area contributed by atoms with Crippen LogP contribution >= 0.6 is 11.6 Å². The van der Waals surface area contributed by atoms with Crippen molar-refractivity contribution in [2.45, 2.75) is 19.1 Å². The zero-order valence-electron chi connectivity index (χ0n) is 18.5. The number of anilines is 2. The number of imide groups is 1. The molecule has 0 aliphatic carbocycles. The van der Waals surface area contributed by atoms with E-state index in [1.165, 1.54) is 17.2 Å². The van der Waals surface area contributed by atoms with Gasteiger partial charge in [-0.25, -0.2) is 9.96 Å². The van der Waals surface area contributed by atoms with Crippen LogP contribution in [0.4, 0.5) is 17.1 Å². The molecule has 0 radical (unpaired) electrons. The number of amides is 2. The fraction of sp³-hybridized carbons (Fsp3) is 0.200. The minimum Gasteiger partial charge on any atom is -0.494 e. The smallest absolute Gasteiger partial charge is 0.288 e. The molecule has 2 aliphatic rings. The SMILES string of the molecule is CCOc1ccc(N2C(=O)[C@@H]3[C@H](ON(c4ccccc4)[C@@H]3c3ccc(Cl)c([N+](=O)[O-])c3)C2=O)cc1. The van der Waals surface area contributed by atoms with Gasteiger partial charge >= 0.3 is 0 Å². The van der Waals surface area contributed by atoms with Crippen LogP contribution in [0.3, 0.4) is 0 Å². The third kappa shape index (κ3) is 3.88. The Morgan fingerprint density at radius 2 is 1.71 bits per heavy atom. The van der Waals surface area contributed by atoms with Crippen LogP contribution in [0.5, 0.6) is 5.75 Å². The van der Waals surface area contributed by atoms with E-state index in [0.29, 0.717) is 29.3 Å². The Bertz CT molecular complexity index is 1300. The van der Waals surface area contributed by atoms with Crippen LogP contribution in [-0.4, -0.2) is 29.4 Å². The number of para-hydroxylation sites is 1. The number of nitro benzene ring substituents is 1. The van der Waals surface area contributed by atoms with Crippen LogP contribution in [0.25, 0.3) is 0 Å². The molecule has 2 saturated heterocycles. The van der Waals surface area contributed by atoms with E-state index in [1.807, 2.05) is 13.0 Å². The highest BCUT2D eigenvalue weighted by Gasteiger charge is 2.60. The van der Waals surface area contributed by atoms with Crippen LogP contribution in [0, 0.1) is 16.0 Å². The third-order valence-electron chi connectivity index (χ3n) is 6.04. The van der Waals surface area contributed by atoms with Crippen LogP contribution < -0.4 is 14.7 Å². The molecule has 2 heterocycles. The molecule has 3 atom stereocenters. The molecule has 0 spiro atoms. The average molecular weight is 494 g/mol. The number of fused-ring (bicyclic) bond motifs is 1. The van der Waals surface area contributed by atoms with E-state index >= 15 is 0 Å². The van der Waals surface area contributed by atoms with Crippen molar-refractivity contribution in [2.24, 2.45) is 5.92 Å². The molecule has 9 nitrogen and oxygen atoms in total. The van der Waals surface area contributed by atoms with Crippen molar-refractivity contribution in [2.75, 3.05) is 16.6 Å². The Morgan fingerprint density at radius 1 is 1.00 bits per heavy atom. The molecule has 3 aromatic carbocycles. The predicted octanol–water partition coefficient (Wildman–Crippen LogP) is 4.70. The lowest BCUT2D eigenvalue weighted by Gasteiger charge is -2.28. The van der Waals surface area contributed by atoms with Crippen LogP contribution in [0.1, 0.15) is 18.5 Å². The summed E-state index contributed by atoms with van der Waals surface area (Å²) in [7, 11) is 0. The second-order valence-corrected chi connectivity index (χ2v) is 8.47. The Kier molecular flexibility index (Phi) is 5.88. The number of nitro groups is 1. The lowest BCUT2D eigenvalue weighted by molar-refractivity contribution is -0.384. The molecular formula is C25H20ClN3O6. The van der Waals surface area contributed by atoms with E-state index in [9.17, 15) is 19.7 Å². The predicted molar refractivity (Wildman–Crippen MR) is 128 cm³/mol. The van der Waals surface area contributed by atoms with Gasteiger partial charge in [0.2, 0.25) is 5.91 Å². The summed E-state index contributed by atoms with van der Waals surface area (Å²) in [4.78, 5) is 45.2. The van der Waals surface area contributed by atoms with Crippen molar-refractivity contribution >= 4 is 40.5 Å². The lowest BCUT2D eigenvalue weighted by atomic mass is 9.90. The molecule has 35 heavy (non-hydrogen) atoms. The molecule has 2 amide bonds. The Morgan fingerprint density at radius 3 is 2.37 bits per heavy atom. The maximum absolute atomic E-state index is 13.7. The second kappa shape index (κ2) is 9.01. The van der Waals surface area contributed by atoms with Gasteiger partial charge in [-0.15, -0.1) is 0 Å². The van der Waals surface area contributed by atoms with Crippen molar-refractivity contribution in [1.29, 1.82) is 0 Å². The fourth-order valence-electron chi connectivity index (χ4n) is 4.52. The van der Waals surface area contributed by atoms with E-state index < -0.39 is 34.8 Å². The number of ether oxygens (including phenoxy) is 1. The Hall–Kier alpha value is -3.95. The van der Waals surface area contributed by atoms with Gasteiger partial charge in [-0.05, 0) is 55.0 Å². The quantitative estimate of drug-likeness (QED) is 0.278. The number of hydroxylamine groups is 1. The largest absolute Gasteiger partial charge is 0.494 e. The fourth-order valence-corrected chi connectivity index (χ4v) is 4.70. The van der Waals surface area contributed by atoms with Crippen LogP contribution in [-0.2, 0) is 14.4 Å². The molecule has 5 rings (SSSR count). The molecule has 2 fully saturated rings. The summed E-state index contributed by atoms with van der Waals surface area (Å²) in [6.45, 7) is 2.35. The molecule has 0 saturated carbocycles. The van der Waals surface area contributed by atoms with Gasteiger partial charge in [0.05, 0.1) is 28.9 Å². The van der Waals surface area contributed by atoms with E-state index in [2.05, 4.69) is 0 Å². The standard InChI is InChI=1S/C25H20ClN3O6/c1-2-34-18-11-9-16(10-12-18)27-24(30)21-22(15-8-13-19(26)20(14-15)29(32)33)28(35-23(21)25(27)31)17-6-4-3-5-7-17/h3-14,21-23H,2H2,1H3/t21-,22+,23-/m0/s1. The minimum absolute atomic E-state index is 0.0229. The Labute approximate surface area is 205 Å². The van der Waals surface area contributed by atoms with E-state index in [-0.39, 0.29) is 10.7 Å². The molecule has 3 aromatic rings. The first-order chi connectivity index (χ1) is 16.9. The van der Waals surface area contributed by atoms with E-state index in [1.54, 1.807) is 54.6 Å². The topological polar surface area (TPSA) is 102 Å². The van der Waals surface area contributed by atoms with Gasteiger partial charge < -0.3 is 4.74 Å². The number of hydrogen-bond donors (Lipinski definition) is 0. The number of nitrogens with zero attached hydrogens (tertiary/aromatic N) is 3. The van der Waals surface area contributed by atoms with E-state index in [0.717, 1.165) is 4.90 Å². The zero-order chi connectivity index (χ0) is 24.7. The molecule has 10 heteroatoms. The summed E-state index contributed by atoms with van der Waals surface area (Å²) < 4.78 is 5.44.